The van der Waals surface area contributed by atoms with Gasteiger partial charge in [-0.2, -0.15) is 0 Å². The lowest BCUT2D eigenvalue weighted by atomic mass is 10.1. The Hall–Kier alpha value is -3.76. The maximum atomic E-state index is 13.2. The number of amides is 1. The summed E-state index contributed by atoms with van der Waals surface area (Å²) in [7, 11) is 5.09. The van der Waals surface area contributed by atoms with Gasteiger partial charge in [-0.05, 0) is 18.4 Å². The Bertz CT molecular complexity index is 1190. The summed E-state index contributed by atoms with van der Waals surface area (Å²) in [4.78, 5) is 31.3. The van der Waals surface area contributed by atoms with Gasteiger partial charge in [0.25, 0.3) is 5.88 Å². The first-order chi connectivity index (χ1) is 14.9. The van der Waals surface area contributed by atoms with Crippen LogP contribution in [0.25, 0.3) is 5.65 Å². The molecule has 31 heavy (non-hydrogen) atoms. The molecule has 0 radical (unpaired) electrons. The fourth-order valence-corrected chi connectivity index (χ4v) is 3.97. The maximum absolute atomic E-state index is 13.2. The zero-order valence-corrected chi connectivity index (χ0v) is 17.8. The molecule has 164 valence electrons. The first kappa shape index (κ1) is 20.5. The Morgan fingerprint density at radius 3 is 2.90 bits per heavy atom. The number of nitrogens with one attached hydrogen (secondary N) is 2. The van der Waals surface area contributed by atoms with Crippen molar-refractivity contribution in [3.63, 3.8) is 0 Å². The van der Waals surface area contributed by atoms with E-state index < -0.39 is 0 Å². The Kier molecular flexibility index (Phi) is 5.40. The van der Waals surface area contributed by atoms with Crippen LogP contribution in [-0.2, 0) is 18.4 Å². The summed E-state index contributed by atoms with van der Waals surface area (Å²) in [6, 6.07) is 0. The maximum Gasteiger partial charge on any atom is 0.335 e. The highest BCUT2D eigenvalue weighted by Gasteiger charge is 2.26. The quantitative estimate of drug-likeness (QED) is 0.544. The van der Waals surface area contributed by atoms with Gasteiger partial charge < -0.3 is 20.3 Å². The zero-order chi connectivity index (χ0) is 22.1. The van der Waals surface area contributed by atoms with E-state index >= 15 is 0 Å². The van der Waals surface area contributed by atoms with Crippen molar-refractivity contribution in [3.8, 4) is 5.88 Å². The van der Waals surface area contributed by atoms with Crippen LogP contribution in [-0.4, -0.2) is 61.8 Å². The minimum absolute atomic E-state index is 0.0802. The van der Waals surface area contributed by atoms with Crippen LogP contribution in [0.15, 0.2) is 36.0 Å². The minimum Gasteiger partial charge on any atom is -0.478 e. The van der Waals surface area contributed by atoms with Gasteiger partial charge >= 0.3 is 5.69 Å². The second-order valence-corrected chi connectivity index (χ2v) is 7.52. The number of aryl methyl sites for hydroxylation is 1. The molecule has 3 aromatic heterocycles. The number of fused-ring (bicyclic) bond motifs is 1. The van der Waals surface area contributed by atoms with Gasteiger partial charge in [0.1, 0.15) is 11.5 Å². The molecule has 0 bridgehead atoms. The summed E-state index contributed by atoms with van der Waals surface area (Å²) >= 11 is 0. The lowest BCUT2D eigenvalue weighted by Gasteiger charge is -2.17. The number of methoxy groups -OCH3 is 1. The van der Waals surface area contributed by atoms with Crippen LogP contribution in [0, 0.1) is 5.92 Å². The number of hydrogen-bond acceptors (Lipinski definition) is 7. The number of anilines is 3. The molecule has 0 aliphatic carbocycles. The van der Waals surface area contributed by atoms with Gasteiger partial charge in [0.2, 0.25) is 5.91 Å². The number of ether oxygens (including phenoxy) is 1. The molecule has 2 N–H and O–H groups in total. The second kappa shape index (κ2) is 8.17. The molecule has 0 aromatic carbocycles. The Labute approximate surface area is 178 Å². The van der Waals surface area contributed by atoms with Crippen LogP contribution in [0.2, 0.25) is 0 Å². The van der Waals surface area contributed by atoms with E-state index in [1.54, 1.807) is 53.9 Å². The molecule has 11 nitrogen and oxygen atoms in total. The van der Waals surface area contributed by atoms with Gasteiger partial charge in [-0.1, -0.05) is 6.58 Å². The van der Waals surface area contributed by atoms with Crippen molar-refractivity contribution in [1.29, 1.82) is 0 Å². The first-order valence-electron chi connectivity index (χ1n) is 9.99. The standard InChI is InChI=1S/C20H26N8O3/c1-5-17(29)26-7-6-13(9-26)10-27-12-14(23-15-11-25(3)24-19(15)31-4)18-22-8-16(21-2)28(18)20(27)30/h5,8,11-13,21,23H,1,6-7,9-10H2,2-4H3. The van der Waals surface area contributed by atoms with Crippen molar-refractivity contribution in [2.75, 3.05) is 37.9 Å². The van der Waals surface area contributed by atoms with Crippen molar-refractivity contribution < 1.29 is 9.53 Å². The summed E-state index contributed by atoms with van der Waals surface area (Å²) in [5.74, 6) is 1.11. The molecule has 4 rings (SSSR count). The first-order valence-corrected chi connectivity index (χ1v) is 9.99. The van der Waals surface area contributed by atoms with Crippen LogP contribution in [0.4, 0.5) is 17.2 Å². The summed E-state index contributed by atoms with van der Waals surface area (Å²) in [5.41, 5.74) is 1.60. The monoisotopic (exact) mass is 426 g/mol. The molecule has 1 atom stereocenters. The van der Waals surface area contributed by atoms with E-state index in [0.29, 0.717) is 48.4 Å². The predicted octanol–water partition coefficient (Wildman–Crippen LogP) is 1.06. The summed E-state index contributed by atoms with van der Waals surface area (Å²) in [6.07, 6.45) is 7.32. The number of likely N-dealkylation sites (tertiary alicyclic amines) is 1. The van der Waals surface area contributed by atoms with Crippen LogP contribution < -0.4 is 21.1 Å². The Morgan fingerprint density at radius 2 is 2.19 bits per heavy atom. The fraction of sp³-hybridized carbons (Fsp3) is 0.400. The number of carbonyl (C=O) groups excluding carboxylic acids is 1. The van der Waals surface area contributed by atoms with Gasteiger partial charge in [0, 0.05) is 39.9 Å². The van der Waals surface area contributed by atoms with Gasteiger partial charge in [0.15, 0.2) is 5.65 Å². The molecule has 0 saturated carbocycles. The van der Waals surface area contributed by atoms with Crippen LogP contribution >= 0.6 is 0 Å². The lowest BCUT2D eigenvalue weighted by Crippen LogP contribution is -2.32. The normalized spacial score (nSPS) is 16.0. The number of aromatic nitrogens is 5. The molecule has 1 amide bonds. The van der Waals surface area contributed by atoms with E-state index in [0.717, 1.165) is 6.42 Å². The highest BCUT2D eigenvalue weighted by atomic mass is 16.5. The Morgan fingerprint density at radius 1 is 1.39 bits per heavy atom. The van der Waals surface area contributed by atoms with E-state index in [9.17, 15) is 9.59 Å². The molecule has 1 fully saturated rings. The summed E-state index contributed by atoms with van der Waals surface area (Å²) in [5, 5.41) is 10.6. The van der Waals surface area contributed by atoms with E-state index in [-0.39, 0.29) is 17.5 Å². The van der Waals surface area contributed by atoms with Crippen LogP contribution in [0.5, 0.6) is 5.88 Å². The number of nitrogens with zero attached hydrogens (tertiary/aromatic N) is 6. The Balaban J connectivity index is 1.72. The molecule has 3 aromatic rings. The van der Waals surface area contributed by atoms with E-state index in [1.807, 2.05) is 0 Å². The zero-order valence-electron chi connectivity index (χ0n) is 17.8. The molecular weight excluding hydrogens is 400 g/mol. The SMILES string of the molecule is C=CC(=O)N1CCC(Cn2cc(Nc3cn(C)nc3OC)c3ncc(NC)n3c2=O)C1. The van der Waals surface area contributed by atoms with Crippen molar-refractivity contribution in [2.45, 2.75) is 13.0 Å². The van der Waals surface area contributed by atoms with Gasteiger partial charge in [-0.15, -0.1) is 5.10 Å². The predicted molar refractivity (Wildman–Crippen MR) is 117 cm³/mol. The highest BCUT2D eigenvalue weighted by Crippen LogP contribution is 2.28. The third kappa shape index (κ3) is 3.74. The topological polar surface area (TPSA) is 111 Å². The minimum atomic E-state index is -0.200. The summed E-state index contributed by atoms with van der Waals surface area (Å²) in [6.45, 7) is 5.29. The number of imidazole rings is 1. The summed E-state index contributed by atoms with van der Waals surface area (Å²) < 4.78 is 10.2. The average molecular weight is 426 g/mol. The van der Waals surface area contributed by atoms with E-state index in [1.165, 1.54) is 10.5 Å². The van der Waals surface area contributed by atoms with E-state index in [2.05, 4.69) is 27.3 Å². The molecule has 0 spiro atoms. The van der Waals surface area contributed by atoms with Gasteiger partial charge in [-0.3, -0.25) is 14.0 Å². The van der Waals surface area contributed by atoms with Gasteiger partial charge in [-0.25, -0.2) is 14.2 Å². The van der Waals surface area contributed by atoms with Crippen LogP contribution in [0.3, 0.4) is 0 Å². The fourth-order valence-electron chi connectivity index (χ4n) is 3.97. The average Bonchev–Trinajstić information content (AvgIpc) is 3.48. The van der Waals surface area contributed by atoms with Crippen molar-refractivity contribution >= 4 is 28.7 Å². The smallest absolute Gasteiger partial charge is 0.335 e. The molecule has 1 aliphatic heterocycles. The van der Waals surface area contributed by atoms with E-state index in [4.69, 9.17) is 4.74 Å². The third-order valence-electron chi connectivity index (χ3n) is 5.47. The largest absolute Gasteiger partial charge is 0.478 e. The molecular formula is C20H26N8O3. The van der Waals surface area contributed by atoms with Gasteiger partial charge in [0.05, 0.1) is 25.2 Å². The molecule has 1 saturated heterocycles. The van der Waals surface area contributed by atoms with Crippen molar-refractivity contribution in [3.05, 3.63) is 41.7 Å². The van der Waals surface area contributed by atoms with Crippen molar-refractivity contribution in [1.82, 2.24) is 28.6 Å². The van der Waals surface area contributed by atoms with Crippen LogP contribution in [0.1, 0.15) is 6.42 Å². The molecule has 1 unspecified atom stereocenters. The van der Waals surface area contributed by atoms with Crippen molar-refractivity contribution in [2.24, 2.45) is 13.0 Å². The molecule has 1 aliphatic rings. The second-order valence-electron chi connectivity index (χ2n) is 7.52. The highest BCUT2D eigenvalue weighted by molar-refractivity contribution is 5.87. The number of hydrogen-bond donors (Lipinski definition) is 2. The third-order valence-corrected chi connectivity index (χ3v) is 5.47. The number of carbonyl (C=O) groups is 1. The number of rotatable bonds is 7. The molecule has 4 heterocycles. The molecule has 11 heteroatoms. The lowest BCUT2D eigenvalue weighted by molar-refractivity contribution is -0.125.